The van der Waals surface area contributed by atoms with Crippen LogP contribution < -0.4 is 10.9 Å². The van der Waals surface area contributed by atoms with Crippen molar-refractivity contribution in [3.8, 4) is 0 Å². The topological polar surface area (TPSA) is 88.5 Å². The SMILES string of the molecule is CC1CCN(S(=O)(=O)c2cccn(CC(=O)NCCC3=CCCCC3)c2=O)CC1. The first kappa shape index (κ1) is 21.8. The van der Waals surface area contributed by atoms with Gasteiger partial charge in [-0.2, -0.15) is 4.31 Å². The molecule has 0 spiro atoms. The number of pyridine rings is 1. The molecule has 0 aromatic carbocycles. The standard InChI is InChI=1S/C21H31N3O4S/c1-17-10-14-24(15-11-17)29(27,28)19-8-5-13-23(21(19)26)16-20(25)22-12-9-18-6-3-2-4-7-18/h5-6,8,13,17H,2-4,7,9-12,14-16H2,1H3,(H,22,25). The lowest BCUT2D eigenvalue weighted by atomic mass is 9.97. The highest BCUT2D eigenvalue weighted by Gasteiger charge is 2.30. The van der Waals surface area contributed by atoms with E-state index in [0.29, 0.717) is 25.6 Å². The van der Waals surface area contributed by atoms with Crippen LogP contribution in [0.3, 0.4) is 0 Å². The van der Waals surface area contributed by atoms with Gasteiger partial charge >= 0.3 is 0 Å². The predicted molar refractivity (Wildman–Crippen MR) is 112 cm³/mol. The molecule has 1 aliphatic heterocycles. The van der Waals surface area contributed by atoms with E-state index >= 15 is 0 Å². The Bertz CT molecular complexity index is 912. The van der Waals surface area contributed by atoms with E-state index in [2.05, 4.69) is 18.3 Å². The summed E-state index contributed by atoms with van der Waals surface area (Å²) in [5, 5.41) is 2.83. The number of carbonyl (C=O) groups excluding carboxylic acids is 1. The van der Waals surface area contributed by atoms with Crippen LogP contribution in [-0.4, -0.2) is 42.8 Å². The first-order valence-corrected chi connectivity index (χ1v) is 12.0. The second-order valence-electron chi connectivity index (χ2n) is 8.10. The van der Waals surface area contributed by atoms with Gasteiger partial charge in [0.05, 0.1) is 0 Å². The Labute approximate surface area is 172 Å². The van der Waals surface area contributed by atoms with Crippen LogP contribution in [0.25, 0.3) is 0 Å². The maximum atomic E-state index is 12.9. The van der Waals surface area contributed by atoms with Crippen LogP contribution in [0.2, 0.25) is 0 Å². The molecule has 7 nitrogen and oxygen atoms in total. The Morgan fingerprint density at radius 2 is 2.00 bits per heavy atom. The van der Waals surface area contributed by atoms with E-state index in [0.717, 1.165) is 32.1 Å². The lowest BCUT2D eigenvalue weighted by molar-refractivity contribution is -0.121. The first-order valence-electron chi connectivity index (χ1n) is 10.5. The number of piperidine rings is 1. The van der Waals surface area contributed by atoms with E-state index in [9.17, 15) is 18.0 Å². The van der Waals surface area contributed by atoms with Crippen LogP contribution in [0.1, 0.15) is 51.9 Å². The molecule has 1 aromatic heterocycles. The fraction of sp³-hybridized carbons (Fsp3) is 0.619. The molecule has 3 rings (SSSR count). The molecule has 0 unspecified atom stereocenters. The molecule has 8 heteroatoms. The summed E-state index contributed by atoms with van der Waals surface area (Å²) >= 11 is 0. The summed E-state index contributed by atoms with van der Waals surface area (Å²) in [5.74, 6) is 0.201. The summed E-state index contributed by atoms with van der Waals surface area (Å²) < 4.78 is 28.4. The van der Waals surface area contributed by atoms with Gasteiger partial charge in [0, 0.05) is 25.8 Å². The van der Waals surface area contributed by atoms with Gasteiger partial charge < -0.3 is 9.88 Å². The molecule has 2 aliphatic rings. The lowest BCUT2D eigenvalue weighted by Gasteiger charge is -2.29. The fourth-order valence-electron chi connectivity index (χ4n) is 3.90. The molecule has 1 amide bonds. The minimum Gasteiger partial charge on any atom is -0.354 e. The molecule has 1 aromatic rings. The van der Waals surface area contributed by atoms with Gasteiger partial charge in [0.15, 0.2) is 0 Å². The van der Waals surface area contributed by atoms with E-state index in [1.807, 2.05) is 0 Å². The Morgan fingerprint density at radius 1 is 1.24 bits per heavy atom. The Kier molecular flexibility index (Phi) is 7.29. The zero-order valence-corrected chi connectivity index (χ0v) is 17.9. The van der Waals surface area contributed by atoms with Crippen molar-refractivity contribution in [3.05, 3.63) is 40.3 Å². The molecule has 0 saturated carbocycles. The molecule has 1 saturated heterocycles. The van der Waals surface area contributed by atoms with Gasteiger partial charge in [-0.15, -0.1) is 0 Å². The van der Waals surface area contributed by atoms with E-state index < -0.39 is 15.6 Å². The number of hydrogen-bond acceptors (Lipinski definition) is 4. The van der Waals surface area contributed by atoms with Crippen LogP contribution in [0, 0.1) is 5.92 Å². The Hall–Kier alpha value is -1.93. The summed E-state index contributed by atoms with van der Waals surface area (Å²) in [6.07, 6.45) is 10.7. The van der Waals surface area contributed by atoms with Gasteiger partial charge in [0.2, 0.25) is 15.9 Å². The minimum absolute atomic E-state index is 0.182. The average Bonchev–Trinajstić information content (AvgIpc) is 2.70. The number of nitrogens with zero attached hydrogens (tertiary/aromatic N) is 2. The van der Waals surface area contributed by atoms with Gasteiger partial charge in [-0.1, -0.05) is 18.6 Å². The van der Waals surface area contributed by atoms with Crippen molar-refractivity contribution < 1.29 is 13.2 Å². The molecule has 0 atom stereocenters. The summed E-state index contributed by atoms with van der Waals surface area (Å²) in [5.41, 5.74) is 0.730. The largest absolute Gasteiger partial charge is 0.354 e. The molecule has 2 heterocycles. The zero-order chi connectivity index (χ0) is 20.9. The highest BCUT2D eigenvalue weighted by Crippen LogP contribution is 2.22. The van der Waals surface area contributed by atoms with Crippen molar-refractivity contribution in [2.24, 2.45) is 5.92 Å². The van der Waals surface area contributed by atoms with Crippen molar-refractivity contribution in [2.45, 2.75) is 63.3 Å². The smallest absolute Gasteiger partial charge is 0.271 e. The first-order chi connectivity index (χ1) is 13.9. The normalized spacial score (nSPS) is 19.0. The average molecular weight is 422 g/mol. The summed E-state index contributed by atoms with van der Waals surface area (Å²) in [6, 6.07) is 2.85. The number of sulfonamides is 1. The van der Waals surface area contributed by atoms with Crippen molar-refractivity contribution in [1.82, 2.24) is 14.2 Å². The van der Waals surface area contributed by atoms with E-state index in [1.54, 1.807) is 0 Å². The summed E-state index contributed by atoms with van der Waals surface area (Å²) in [7, 11) is -3.85. The van der Waals surface area contributed by atoms with Gasteiger partial charge in [-0.25, -0.2) is 8.42 Å². The Morgan fingerprint density at radius 3 is 2.69 bits per heavy atom. The van der Waals surface area contributed by atoms with Crippen LogP contribution in [0.5, 0.6) is 0 Å². The van der Waals surface area contributed by atoms with Gasteiger partial charge in [-0.3, -0.25) is 9.59 Å². The molecule has 1 fully saturated rings. The molecule has 29 heavy (non-hydrogen) atoms. The zero-order valence-electron chi connectivity index (χ0n) is 17.1. The molecule has 0 bridgehead atoms. The highest BCUT2D eigenvalue weighted by atomic mass is 32.2. The quantitative estimate of drug-likeness (QED) is 0.684. The number of rotatable bonds is 7. The number of allylic oxidation sites excluding steroid dienone is 1. The van der Waals surface area contributed by atoms with Crippen LogP contribution in [0.4, 0.5) is 0 Å². The van der Waals surface area contributed by atoms with Crippen molar-refractivity contribution in [2.75, 3.05) is 19.6 Å². The maximum Gasteiger partial charge on any atom is 0.271 e. The number of nitrogens with one attached hydrogen (secondary N) is 1. The van der Waals surface area contributed by atoms with Gasteiger partial charge in [0.1, 0.15) is 11.4 Å². The van der Waals surface area contributed by atoms with E-state index in [4.69, 9.17) is 0 Å². The second kappa shape index (κ2) is 9.71. The number of hydrogen-bond donors (Lipinski definition) is 1. The summed E-state index contributed by atoms with van der Waals surface area (Å²) in [6.45, 7) is 3.30. The highest BCUT2D eigenvalue weighted by molar-refractivity contribution is 7.89. The molecule has 0 radical (unpaired) electrons. The van der Waals surface area contributed by atoms with Gasteiger partial charge in [-0.05, 0) is 63.0 Å². The third kappa shape index (κ3) is 5.57. The number of carbonyl (C=O) groups is 1. The van der Waals surface area contributed by atoms with Crippen LogP contribution in [0.15, 0.2) is 39.7 Å². The number of amides is 1. The Balaban J connectivity index is 1.63. The maximum absolute atomic E-state index is 12.9. The fourth-order valence-corrected chi connectivity index (χ4v) is 5.46. The second-order valence-corrected chi connectivity index (χ2v) is 10.0. The minimum atomic E-state index is -3.85. The van der Waals surface area contributed by atoms with Gasteiger partial charge in [0.25, 0.3) is 5.56 Å². The molecule has 1 aliphatic carbocycles. The van der Waals surface area contributed by atoms with Crippen molar-refractivity contribution in [3.63, 3.8) is 0 Å². The third-order valence-corrected chi connectivity index (χ3v) is 7.72. The molecule has 1 N–H and O–H groups in total. The number of aromatic nitrogens is 1. The third-order valence-electron chi connectivity index (χ3n) is 5.81. The molecular formula is C21H31N3O4S. The van der Waals surface area contributed by atoms with E-state index in [1.165, 1.54) is 45.6 Å². The molecule has 160 valence electrons. The van der Waals surface area contributed by atoms with E-state index in [-0.39, 0.29) is 17.3 Å². The lowest BCUT2D eigenvalue weighted by Crippen LogP contribution is -2.41. The predicted octanol–water partition coefficient (Wildman–Crippen LogP) is 2.28. The van der Waals surface area contributed by atoms with Crippen LogP contribution >= 0.6 is 0 Å². The van der Waals surface area contributed by atoms with Crippen molar-refractivity contribution in [1.29, 1.82) is 0 Å². The summed E-state index contributed by atoms with van der Waals surface area (Å²) in [4.78, 5) is 24.7. The molecular weight excluding hydrogens is 390 g/mol. The van der Waals surface area contributed by atoms with Crippen LogP contribution in [-0.2, 0) is 21.4 Å². The monoisotopic (exact) mass is 421 g/mol. The van der Waals surface area contributed by atoms with Crippen molar-refractivity contribution >= 4 is 15.9 Å².